The molecule has 2 rings (SSSR count). The van der Waals surface area contributed by atoms with Crippen LogP contribution >= 0.6 is 22.6 Å². The minimum absolute atomic E-state index is 0.0569. The Hall–Kier alpha value is -0.910. The van der Waals surface area contributed by atoms with Crippen molar-refractivity contribution in [3.63, 3.8) is 0 Å². The predicted octanol–water partition coefficient (Wildman–Crippen LogP) is 1.94. The molecule has 0 atom stereocenters. The average molecular weight is 315 g/mol. The van der Waals surface area contributed by atoms with E-state index in [9.17, 15) is 9.59 Å². The van der Waals surface area contributed by atoms with Gasteiger partial charge in [-0.3, -0.25) is 14.5 Å². The number of halogens is 1. The van der Waals surface area contributed by atoms with Gasteiger partial charge in [0.05, 0.1) is 6.54 Å². The molecule has 0 saturated carbocycles. The molecule has 1 aliphatic heterocycles. The highest BCUT2D eigenvalue weighted by atomic mass is 127. The lowest BCUT2D eigenvalue weighted by molar-refractivity contribution is -0.139. The second kappa shape index (κ2) is 4.30. The molecule has 15 heavy (non-hydrogen) atoms. The van der Waals surface area contributed by atoms with Crippen molar-refractivity contribution in [3.8, 4) is 0 Å². The zero-order valence-corrected chi connectivity index (χ0v) is 10.2. The summed E-state index contributed by atoms with van der Waals surface area (Å²) in [6.07, 6.45) is 0.729. The van der Waals surface area contributed by atoms with Crippen LogP contribution in [0.1, 0.15) is 18.4 Å². The lowest BCUT2D eigenvalue weighted by atomic mass is 10.2. The van der Waals surface area contributed by atoms with Gasteiger partial charge in [-0.15, -0.1) is 0 Å². The van der Waals surface area contributed by atoms with Crippen molar-refractivity contribution in [2.24, 2.45) is 0 Å². The molecule has 1 aliphatic rings. The van der Waals surface area contributed by atoms with E-state index in [0.717, 1.165) is 9.13 Å². The van der Waals surface area contributed by atoms with Gasteiger partial charge in [0.15, 0.2) is 0 Å². The van der Waals surface area contributed by atoms with Crippen molar-refractivity contribution in [1.29, 1.82) is 0 Å². The fourth-order valence-corrected chi connectivity index (χ4v) is 1.93. The van der Waals surface area contributed by atoms with Crippen LogP contribution in [0.2, 0.25) is 0 Å². The third kappa shape index (κ3) is 2.37. The van der Waals surface area contributed by atoms with Crippen molar-refractivity contribution in [2.75, 3.05) is 0 Å². The molecule has 0 spiro atoms. The van der Waals surface area contributed by atoms with E-state index in [2.05, 4.69) is 22.6 Å². The lowest BCUT2D eigenvalue weighted by Gasteiger charge is -2.13. The largest absolute Gasteiger partial charge is 0.278 e. The van der Waals surface area contributed by atoms with Crippen LogP contribution in [0.4, 0.5) is 0 Å². The number of hydrogen-bond acceptors (Lipinski definition) is 2. The van der Waals surface area contributed by atoms with E-state index >= 15 is 0 Å². The summed E-state index contributed by atoms with van der Waals surface area (Å²) >= 11 is 2.22. The third-order valence-corrected chi connectivity index (χ3v) is 3.13. The maximum Gasteiger partial charge on any atom is 0.229 e. The van der Waals surface area contributed by atoms with Crippen LogP contribution in [0, 0.1) is 3.57 Å². The Balaban J connectivity index is 2.11. The Kier molecular flexibility index (Phi) is 3.04. The van der Waals surface area contributed by atoms with Gasteiger partial charge >= 0.3 is 0 Å². The topological polar surface area (TPSA) is 37.4 Å². The van der Waals surface area contributed by atoms with E-state index in [-0.39, 0.29) is 11.8 Å². The molecule has 1 heterocycles. The van der Waals surface area contributed by atoms with Crippen LogP contribution in [0.25, 0.3) is 0 Å². The van der Waals surface area contributed by atoms with Crippen molar-refractivity contribution < 1.29 is 9.59 Å². The number of amides is 2. The van der Waals surface area contributed by atoms with Crippen LogP contribution in [0.3, 0.4) is 0 Å². The number of likely N-dealkylation sites (tertiary alicyclic amines) is 1. The third-order valence-electron chi connectivity index (χ3n) is 2.41. The fraction of sp³-hybridized carbons (Fsp3) is 0.273. The molecule has 1 fully saturated rings. The van der Waals surface area contributed by atoms with Gasteiger partial charge in [0.2, 0.25) is 11.8 Å². The van der Waals surface area contributed by atoms with Gasteiger partial charge in [-0.2, -0.15) is 0 Å². The van der Waals surface area contributed by atoms with E-state index in [1.807, 2.05) is 24.3 Å². The summed E-state index contributed by atoms with van der Waals surface area (Å²) in [5.74, 6) is -0.114. The quantitative estimate of drug-likeness (QED) is 0.618. The summed E-state index contributed by atoms with van der Waals surface area (Å²) in [5, 5.41) is 0. The van der Waals surface area contributed by atoms with Crippen LogP contribution < -0.4 is 0 Å². The van der Waals surface area contributed by atoms with E-state index in [4.69, 9.17) is 0 Å². The fourth-order valence-electron chi connectivity index (χ4n) is 1.57. The molecule has 3 nitrogen and oxygen atoms in total. The molecule has 0 unspecified atom stereocenters. The van der Waals surface area contributed by atoms with Gasteiger partial charge in [-0.1, -0.05) is 12.1 Å². The zero-order chi connectivity index (χ0) is 10.8. The molecular weight excluding hydrogens is 305 g/mol. The van der Waals surface area contributed by atoms with Gasteiger partial charge in [0.25, 0.3) is 0 Å². The molecular formula is C11H10INO2. The second-order valence-electron chi connectivity index (χ2n) is 3.50. The van der Waals surface area contributed by atoms with Gasteiger partial charge in [0.1, 0.15) is 0 Å². The van der Waals surface area contributed by atoms with Gasteiger partial charge in [-0.05, 0) is 40.3 Å². The van der Waals surface area contributed by atoms with Crippen LogP contribution in [-0.4, -0.2) is 16.7 Å². The normalized spacial score (nSPS) is 16.2. The van der Waals surface area contributed by atoms with E-state index < -0.39 is 0 Å². The summed E-state index contributed by atoms with van der Waals surface area (Å²) in [6, 6.07) is 7.84. The minimum Gasteiger partial charge on any atom is -0.278 e. The maximum atomic E-state index is 11.4. The van der Waals surface area contributed by atoms with Crippen molar-refractivity contribution in [1.82, 2.24) is 4.90 Å². The van der Waals surface area contributed by atoms with Gasteiger partial charge in [-0.25, -0.2) is 0 Å². The molecule has 0 aliphatic carbocycles. The minimum atomic E-state index is -0.0569. The average Bonchev–Trinajstić information content (AvgIpc) is 2.53. The zero-order valence-electron chi connectivity index (χ0n) is 8.07. The highest BCUT2D eigenvalue weighted by Gasteiger charge is 2.28. The van der Waals surface area contributed by atoms with Crippen molar-refractivity contribution in [3.05, 3.63) is 33.4 Å². The number of carbonyl (C=O) groups excluding carboxylic acids is 2. The molecule has 2 amide bonds. The van der Waals surface area contributed by atoms with Crippen molar-refractivity contribution >= 4 is 34.4 Å². The molecule has 1 aromatic carbocycles. The van der Waals surface area contributed by atoms with E-state index in [0.29, 0.717) is 19.4 Å². The Morgan fingerprint density at radius 2 is 1.60 bits per heavy atom. The summed E-state index contributed by atoms with van der Waals surface area (Å²) in [5.41, 5.74) is 0.999. The molecule has 78 valence electrons. The number of hydrogen-bond donors (Lipinski definition) is 0. The molecule has 0 radical (unpaired) electrons. The van der Waals surface area contributed by atoms with Crippen molar-refractivity contribution in [2.45, 2.75) is 19.4 Å². The Labute approximate surface area is 102 Å². The standard InChI is InChI=1S/C11H10INO2/c12-9-3-1-8(2-4-9)7-13-10(14)5-6-11(13)15/h1-4H,5-7H2. The molecule has 0 N–H and O–H groups in total. The molecule has 4 heteroatoms. The molecule has 1 saturated heterocycles. The Bertz CT molecular complexity index is 384. The SMILES string of the molecule is O=C1CCC(=O)N1Cc1ccc(I)cc1. The van der Waals surface area contributed by atoms with Crippen LogP contribution in [-0.2, 0) is 16.1 Å². The van der Waals surface area contributed by atoms with E-state index in [1.165, 1.54) is 4.90 Å². The van der Waals surface area contributed by atoms with Crippen LogP contribution in [0.15, 0.2) is 24.3 Å². The molecule has 1 aromatic rings. The monoisotopic (exact) mass is 315 g/mol. The first-order valence-corrected chi connectivity index (χ1v) is 5.82. The second-order valence-corrected chi connectivity index (χ2v) is 4.75. The molecule has 0 aromatic heterocycles. The molecule has 0 bridgehead atoms. The number of carbonyl (C=O) groups is 2. The predicted molar refractivity (Wildman–Crippen MR) is 64.0 cm³/mol. The number of imide groups is 1. The number of nitrogens with zero attached hydrogens (tertiary/aromatic N) is 1. The Morgan fingerprint density at radius 1 is 1.07 bits per heavy atom. The Morgan fingerprint density at radius 3 is 2.13 bits per heavy atom. The van der Waals surface area contributed by atoms with Gasteiger partial charge < -0.3 is 0 Å². The number of rotatable bonds is 2. The summed E-state index contributed by atoms with van der Waals surface area (Å²) in [6.45, 7) is 0.411. The number of benzene rings is 1. The first-order valence-electron chi connectivity index (χ1n) is 4.74. The first-order chi connectivity index (χ1) is 7.16. The summed E-state index contributed by atoms with van der Waals surface area (Å²) in [4.78, 5) is 24.1. The lowest BCUT2D eigenvalue weighted by Crippen LogP contribution is -2.28. The van der Waals surface area contributed by atoms with E-state index in [1.54, 1.807) is 0 Å². The van der Waals surface area contributed by atoms with Crippen LogP contribution in [0.5, 0.6) is 0 Å². The smallest absolute Gasteiger partial charge is 0.229 e. The summed E-state index contributed by atoms with van der Waals surface area (Å²) in [7, 11) is 0. The highest BCUT2D eigenvalue weighted by Crippen LogP contribution is 2.16. The first kappa shape index (κ1) is 10.6. The highest BCUT2D eigenvalue weighted by molar-refractivity contribution is 14.1. The maximum absolute atomic E-state index is 11.4. The summed E-state index contributed by atoms with van der Waals surface area (Å²) < 4.78 is 1.15. The van der Waals surface area contributed by atoms with Gasteiger partial charge in [0, 0.05) is 16.4 Å².